The molecule has 0 saturated carbocycles. The normalized spacial score (nSPS) is 14.7. The van der Waals surface area contributed by atoms with Gasteiger partial charge in [-0.25, -0.2) is 0 Å². The van der Waals surface area contributed by atoms with Gasteiger partial charge in [-0.15, -0.1) is 0 Å². The number of para-hydroxylation sites is 2. The first kappa shape index (κ1) is 15.0. The molecule has 2 aromatic heterocycles. The minimum absolute atomic E-state index is 0.355. The second-order valence-electron chi connectivity index (χ2n) is 6.15. The third-order valence-corrected chi connectivity index (χ3v) is 5.04. The van der Waals surface area contributed by atoms with Crippen molar-refractivity contribution >= 4 is 56.4 Å². The van der Waals surface area contributed by atoms with Crippen LogP contribution < -0.4 is 5.32 Å². The van der Waals surface area contributed by atoms with Crippen molar-refractivity contribution < 1.29 is 9.59 Å². The van der Waals surface area contributed by atoms with Crippen LogP contribution >= 0.6 is 11.6 Å². The fraction of sp³-hybridized carbons (Fsp3) is 0. The summed E-state index contributed by atoms with van der Waals surface area (Å²) < 4.78 is 0. The van der Waals surface area contributed by atoms with E-state index in [1.165, 1.54) is 0 Å². The molecule has 0 unspecified atom stereocenters. The van der Waals surface area contributed by atoms with Gasteiger partial charge in [0.25, 0.3) is 11.8 Å². The first-order valence-corrected chi connectivity index (χ1v) is 8.45. The number of nitrogens with one attached hydrogen (secondary N) is 3. The Morgan fingerprint density at radius 3 is 2.19 bits per heavy atom. The Labute approximate surface area is 152 Å². The molecule has 3 heterocycles. The Morgan fingerprint density at radius 2 is 1.38 bits per heavy atom. The summed E-state index contributed by atoms with van der Waals surface area (Å²) in [7, 11) is 0. The van der Waals surface area contributed by atoms with E-state index in [9.17, 15) is 9.59 Å². The molecule has 5 rings (SSSR count). The Balaban J connectivity index is 1.85. The lowest BCUT2D eigenvalue weighted by molar-refractivity contribution is -0.122. The molecular formula is C20H12ClN3O2. The highest BCUT2D eigenvalue weighted by Gasteiger charge is 2.34. The molecule has 2 aromatic carbocycles. The van der Waals surface area contributed by atoms with Crippen LogP contribution in [0.15, 0.2) is 54.9 Å². The number of amides is 2. The van der Waals surface area contributed by atoms with Crippen LogP contribution in [0.5, 0.6) is 0 Å². The number of carbonyl (C=O) groups is 2. The number of rotatable bonds is 2. The van der Waals surface area contributed by atoms with Crippen LogP contribution in [0.2, 0.25) is 5.02 Å². The third-order valence-electron chi connectivity index (χ3n) is 4.72. The van der Waals surface area contributed by atoms with Crippen molar-refractivity contribution in [2.24, 2.45) is 0 Å². The van der Waals surface area contributed by atoms with Gasteiger partial charge >= 0.3 is 0 Å². The van der Waals surface area contributed by atoms with Crippen molar-refractivity contribution in [3.05, 3.63) is 71.0 Å². The monoisotopic (exact) mass is 361 g/mol. The smallest absolute Gasteiger partial charge is 0.259 e. The number of hydrogen-bond donors (Lipinski definition) is 3. The molecule has 3 N–H and O–H groups in total. The molecule has 0 bridgehead atoms. The van der Waals surface area contributed by atoms with Gasteiger partial charge in [-0.05, 0) is 12.1 Å². The lowest BCUT2D eigenvalue weighted by Gasteiger charge is -2.03. The van der Waals surface area contributed by atoms with Crippen LogP contribution in [0.1, 0.15) is 11.1 Å². The summed E-state index contributed by atoms with van der Waals surface area (Å²) in [6, 6.07) is 13.2. The maximum atomic E-state index is 12.6. The van der Waals surface area contributed by atoms with E-state index in [0.29, 0.717) is 27.3 Å². The summed E-state index contributed by atoms with van der Waals surface area (Å²) in [4.78, 5) is 31.5. The zero-order valence-electron chi connectivity index (χ0n) is 13.4. The Kier molecular flexibility index (Phi) is 3.08. The van der Waals surface area contributed by atoms with Crippen molar-refractivity contribution in [3.8, 4) is 0 Å². The number of H-pyrrole nitrogens is 2. The van der Waals surface area contributed by atoms with E-state index in [0.717, 1.165) is 21.8 Å². The Morgan fingerprint density at radius 1 is 0.731 bits per heavy atom. The summed E-state index contributed by atoms with van der Waals surface area (Å²) in [5.74, 6) is -0.803. The van der Waals surface area contributed by atoms with Gasteiger partial charge in [0, 0.05) is 39.8 Å². The maximum absolute atomic E-state index is 12.6. The molecule has 1 aliphatic rings. The molecule has 0 aliphatic carbocycles. The first-order chi connectivity index (χ1) is 12.6. The number of aromatic nitrogens is 2. The average molecular weight is 362 g/mol. The SMILES string of the molecule is O=C1NC(=O)C(c2c[nH]c3c(Cl)cccc23)=C1c1c[nH]c2ccccc12. The van der Waals surface area contributed by atoms with Crippen molar-refractivity contribution in [3.63, 3.8) is 0 Å². The van der Waals surface area contributed by atoms with E-state index in [1.54, 1.807) is 18.5 Å². The molecule has 0 atom stereocenters. The Hall–Kier alpha value is -3.31. The van der Waals surface area contributed by atoms with Crippen LogP contribution in [-0.4, -0.2) is 21.8 Å². The fourth-order valence-electron chi connectivity index (χ4n) is 3.57. The predicted molar refractivity (Wildman–Crippen MR) is 102 cm³/mol. The maximum Gasteiger partial charge on any atom is 0.259 e. The molecule has 126 valence electrons. The number of fused-ring (bicyclic) bond motifs is 2. The lowest BCUT2D eigenvalue weighted by atomic mass is 9.95. The molecule has 0 saturated heterocycles. The van der Waals surface area contributed by atoms with Gasteiger partial charge in [-0.2, -0.15) is 0 Å². The molecule has 0 radical (unpaired) electrons. The summed E-state index contributed by atoms with van der Waals surface area (Å²) in [5, 5.41) is 4.68. The number of benzene rings is 2. The van der Waals surface area contributed by atoms with Crippen molar-refractivity contribution in [1.82, 2.24) is 15.3 Å². The van der Waals surface area contributed by atoms with Gasteiger partial charge in [0.2, 0.25) is 0 Å². The molecule has 0 spiro atoms. The summed E-state index contributed by atoms with van der Waals surface area (Å²) >= 11 is 6.24. The molecular weight excluding hydrogens is 350 g/mol. The van der Waals surface area contributed by atoms with Crippen LogP contribution in [0.4, 0.5) is 0 Å². The number of imide groups is 1. The van der Waals surface area contributed by atoms with Crippen molar-refractivity contribution in [2.75, 3.05) is 0 Å². The first-order valence-electron chi connectivity index (χ1n) is 8.07. The van der Waals surface area contributed by atoms with Gasteiger partial charge in [-0.3, -0.25) is 14.9 Å². The molecule has 1 aliphatic heterocycles. The summed E-state index contributed by atoms with van der Waals surface area (Å²) in [6.45, 7) is 0. The molecule has 6 heteroatoms. The minimum Gasteiger partial charge on any atom is -0.361 e. The molecule has 5 nitrogen and oxygen atoms in total. The molecule has 4 aromatic rings. The third kappa shape index (κ3) is 1.98. The minimum atomic E-state index is -0.406. The summed E-state index contributed by atoms with van der Waals surface area (Å²) in [5.41, 5.74) is 3.73. The topological polar surface area (TPSA) is 77.8 Å². The van der Waals surface area contributed by atoms with E-state index < -0.39 is 11.8 Å². The molecule has 0 fully saturated rings. The highest BCUT2D eigenvalue weighted by Crippen LogP contribution is 2.38. The van der Waals surface area contributed by atoms with Crippen molar-refractivity contribution in [2.45, 2.75) is 0 Å². The lowest BCUT2D eigenvalue weighted by Crippen LogP contribution is -2.22. The zero-order valence-corrected chi connectivity index (χ0v) is 14.1. The number of carbonyl (C=O) groups excluding carboxylic acids is 2. The van der Waals surface area contributed by atoms with E-state index in [2.05, 4.69) is 15.3 Å². The van der Waals surface area contributed by atoms with E-state index >= 15 is 0 Å². The second kappa shape index (κ2) is 5.34. The van der Waals surface area contributed by atoms with Gasteiger partial charge in [-0.1, -0.05) is 41.9 Å². The average Bonchev–Trinajstić information content (AvgIpc) is 3.30. The van der Waals surface area contributed by atoms with Gasteiger partial charge in [0.1, 0.15) is 0 Å². The number of halogens is 1. The second-order valence-corrected chi connectivity index (χ2v) is 6.55. The standard InChI is InChI=1S/C20H12ClN3O2/c21-14-6-3-5-11-13(9-23-18(11)14)17-16(19(25)24-20(17)26)12-8-22-15-7-2-1-4-10(12)15/h1-9,22-23H,(H,24,25,26). The van der Waals surface area contributed by atoms with Crippen LogP contribution in [0.25, 0.3) is 33.0 Å². The molecule has 2 amide bonds. The molecule has 26 heavy (non-hydrogen) atoms. The largest absolute Gasteiger partial charge is 0.361 e. The highest BCUT2D eigenvalue weighted by molar-refractivity contribution is 6.51. The van der Waals surface area contributed by atoms with Crippen LogP contribution in [0.3, 0.4) is 0 Å². The number of aromatic amines is 2. The predicted octanol–water partition coefficient (Wildman–Crippen LogP) is 3.87. The highest BCUT2D eigenvalue weighted by atomic mass is 35.5. The Bertz CT molecular complexity index is 1260. The van der Waals surface area contributed by atoms with Gasteiger partial charge in [0.15, 0.2) is 0 Å². The van der Waals surface area contributed by atoms with Gasteiger partial charge < -0.3 is 9.97 Å². The van der Waals surface area contributed by atoms with E-state index in [4.69, 9.17) is 11.6 Å². The quantitative estimate of drug-likeness (QED) is 0.474. The van der Waals surface area contributed by atoms with Gasteiger partial charge in [0.05, 0.1) is 21.7 Å². The van der Waals surface area contributed by atoms with Crippen molar-refractivity contribution in [1.29, 1.82) is 0 Å². The van der Waals surface area contributed by atoms with Crippen LogP contribution in [0, 0.1) is 0 Å². The zero-order chi connectivity index (χ0) is 17.8. The number of hydrogen-bond acceptors (Lipinski definition) is 2. The van der Waals surface area contributed by atoms with Crippen LogP contribution in [-0.2, 0) is 9.59 Å². The van der Waals surface area contributed by atoms with E-state index in [1.807, 2.05) is 36.4 Å². The fourth-order valence-corrected chi connectivity index (χ4v) is 3.80. The summed E-state index contributed by atoms with van der Waals surface area (Å²) in [6.07, 6.45) is 3.49. The van der Waals surface area contributed by atoms with E-state index in [-0.39, 0.29) is 0 Å².